The van der Waals surface area contributed by atoms with Crippen LogP contribution in [0.2, 0.25) is 0 Å². The lowest BCUT2D eigenvalue weighted by atomic mass is 10.2. The SMILES string of the molecule is Cc1cc(N)n(/N=C\c2cccc(F)c2)c(=O)c1. The van der Waals surface area contributed by atoms with E-state index in [9.17, 15) is 9.18 Å². The Bertz CT molecular complexity index is 662. The van der Waals surface area contributed by atoms with Gasteiger partial charge in [-0.25, -0.2) is 4.39 Å². The first-order valence-electron chi connectivity index (χ1n) is 5.35. The third-order valence-corrected chi connectivity index (χ3v) is 2.35. The molecule has 0 atom stereocenters. The smallest absolute Gasteiger partial charge is 0.273 e. The van der Waals surface area contributed by atoms with Crippen LogP contribution in [-0.2, 0) is 0 Å². The zero-order valence-corrected chi connectivity index (χ0v) is 9.80. The van der Waals surface area contributed by atoms with Crippen LogP contribution in [0, 0.1) is 12.7 Å². The molecule has 0 bridgehead atoms. The van der Waals surface area contributed by atoms with E-state index in [2.05, 4.69) is 5.10 Å². The van der Waals surface area contributed by atoms with Crippen molar-refractivity contribution in [3.8, 4) is 0 Å². The topological polar surface area (TPSA) is 60.4 Å². The molecule has 0 spiro atoms. The van der Waals surface area contributed by atoms with Crippen LogP contribution >= 0.6 is 0 Å². The van der Waals surface area contributed by atoms with Crippen molar-refractivity contribution in [2.75, 3.05) is 5.73 Å². The Labute approximate surface area is 103 Å². The van der Waals surface area contributed by atoms with Gasteiger partial charge >= 0.3 is 0 Å². The summed E-state index contributed by atoms with van der Waals surface area (Å²) < 4.78 is 14.0. The van der Waals surface area contributed by atoms with Gasteiger partial charge < -0.3 is 5.73 Å². The third-order valence-electron chi connectivity index (χ3n) is 2.35. The molecular weight excluding hydrogens is 233 g/mol. The Morgan fingerprint density at radius 2 is 2.11 bits per heavy atom. The van der Waals surface area contributed by atoms with Crippen LogP contribution in [0.1, 0.15) is 11.1 Å². The van der Waals surface area contributed by atoms with Gasteiger partial charge in [-0.2, -0.15) is 9.78 Å². The fraction of sp³-hybridized carbons (Fsp3) is 0.0769. The molecule has 0 radical (unpaired) electrons. The molecule has 0 aliphatic carbocycles. The molecule has 4 nitrogen and oxygen atoms in total. The second-order valence-corrected chi connectivity index (χ2v) is 3.91. The van der Waals surface area contributed by atoms with Gasteiger partial charge in [0.1, 0.15) is 11.6 Å². The van der Waals surface area contributed by atoms with E-state index < -0.39 is 0 Å². The van der Waals surface area contributed by atoms with Gasteiger partial charge in [-0.15, -0.1) is 0 Å². The second kappa shape index (κ2) is 4.83. The Hall–Kier alpha value is -2.43. The summed E-state index contributed by atoms with van der Waals surface area (Å²) in [7, 11) is 0. The summed E-state index contributed by atoms with van der Waals surface area (Å²) >= 11 is 0. The number of nitrogens with zero attached hydrogens (tertiary/aromatic N) is 2. The number of aryl methyl sites for hydroxylation is 1. The molecule has 2 N–H and O–H groups in total. The molecule has 0 saturated heterocycles. The van der Waals surface area contributed by atoms with Crippen LogP contribution in [0.4, 0.5) is 10.2 Å². The van der Waals surface area contributed by atoms with Crippen molar-refractivity contribution < 1.29 is 4.39 Å². The van der Waals surface area contributed by atoms with Gasteiger partial charge in [0.25, 0.3) is 5.56 Å². The quantitative estimate of drug-likeness (QED) is 0.819. The average Bonchev–Trinajstić information content (AvgIpc) is 2.27. The molecule has 0 amide bonds. The first kappa shape index (κ1) is 12.0. The lowest BCUT2D eigenvalue weighted by Gasteiger charge is -2.03. The molecule has 0 saturated carbocycles. The van der Waals surface area contributed by atoms with Crippen molar-refractivity contribution >= 4 is 12.0 Å². The number of benzene rings is 1. The van der Waals surface area contributed by atoms with Crippen molar-refractivity contribution in [3.05, 3.63) is 63.7 Å². The van der Waals surface area contributed by atoms with E-state index in [1.807, 2.05) is 0 Å². The van der Waals surface area contributed by atoms with E-state index in [-0.39, 0.29) is 17.2 Å². The number of nitrogens with two attached hydrogens (primary N) is 1. The van der Waals surface area contributed by atoms with Crippen molar-refractivity contribution in [1.82, 2.24) is 4.68 Å². The lowest BCUT2D eigenvalue weighted by Crippen LogP contribution is -2.19. The van der Waals surface area contributed by atoms with E-state index in [4.69, 9.17) is 5.73 Å². The molecule has 1 aromatic heterocycles. The Kier molecular flexibility index (Phi) is 3.23. The lowest BCUT2D eigenvalue weighted by molar-refractivity contribution is 0.627. The third kappa shape index (κ3) is 2.63. The minimum absolute atomic E-state index is 0.243. The monoisotopic (exact) mass is 245 g/mol. The first-order chi connectivity index (χ1) is 8.56. The van der Waals surface area contributed by atoms with Crippen molar-refractivity contribution in [2.24, 2.45) is 5.10 Å². The predicted molar refractivity (Wildman–Crippen MR) is 69.2 cm³/mol. The minimum Gasteiger partial charge on any atom is -0.384 e. The van der Waals surface area contributed by atoms with Crippen LogP contribution in [0.15, 0.2) is 46.3 Å². The second-order valence-electron chi connectivity index (χ2n) is 3.91. The number of pyridine rings is 1. The Morgan fingerprint density at radius 1 is 1.33 bits per heavy atom. The number of aromatic nitrogens is 1. The Morgan fingerprint density at radius 3 is 2.78 bits per heavy atom. The van der Waals surface area contributed by atoms with E-state index in [0.717, 1.165) is 10.2 Å². The summed E-state index contributed by atoms with van der Waals surface area (Å²) in [6.07, 6.45) is 1.39. The van der Waals surface area contributed by atoms with Gasteiger partial charge in [-0.05, 0) is 36.2 Å². The van der Waals surface area contributed by atoms with Crippen molar-refractivity contribution in [1.29, 1.82) is 0 Å². The highest BCUT2D eigenvalue weighted by Crippen LogP contribution is 2.04. The highest BCUT2D eigenvalue weighted by atomic mass is 19.1. The molecule has 92 valence electrons. The summed E-state index contributed by atoms with van der Waals surface area (Å²) in [6, 6.07) is 8.98. The largest absolute Gasteiger partial charge is 0.384 e. The van der Waals surface area contributed by atoms with Crippen LogP contribution in [0.25, 0.3) is 0 Å². The van der Waals surface area contributed by atoms with Gasteiger partial charge in [0.2, 0.25) is 0 Å². The van der Waals surface area contributed by atoms with Crippen LogP contribution in [0.3, 0.4) is 0 Å². The molecular formula is C13H12FN3O. The molecule has 2 aromatic rings. The number of hydrogen-bond donors (Lipinski definition) is 1. The van der Waals surface area contributed by atoms with Gasteiger partial charge in [0.05, 0.1) is 6.21 Å². The number of hydrogen-bond acceptors (Lipinski definition) is 3. The van der Waals surface area contributed by atoms with E-state index in [1.165, 1.54) is 24.4 Å². The highest BCUT2D eigenvalue weighted by Gasteiger charge is 1.99. The highest BCUT2D eigenvalue weighted by molar-refractivity contribution is 5.79. The fourth-order valence-corrected chi connectivity index (χ4v) is 1.55. The van der Waals surface area contributed by atoms with Gasteiger partial charge in [0, 0.05) is 6.07 Å². The molecule has 5 heteroatoms. The summed E-state index contributed by atoms with van der Waals surface area (Å²) in [4.78, 5) is 11.6. The first-order valence-corrected chi connectivity index (χ1v) is 5.35. The maximum atomic E-state index is 12.9. The number of rotatable bonds is 2. The van der Waals surface area contributed by atoms with Crippen LogP contribution < -0.4 is 11.3 Å². The molecule has 2 rings (SSSR count). The van der Waals surface area contributed by atoms with E-state index in [0.29, 0.717) is 5.56 Å². The molecule has 1 heterocycles. The number of halogens is 1. The molecule has 1 aromatic carbocycles. The minimum atomic E-state index is -0.358. The summed E-state index contributed by atoms with van der Waals surface area (Å²) in [5.41, 5.74) is 6.70. The van der Waals surface area contributed by atoms with Crippen LogP contribution in [-0.4, -0.2) is 10.9 Å². The molecule has 0 aliphatic heterocycles. The molecule has 18 heavy (non-hydrogen) atoms. The van der Waals surface area contributed by atoms with Crippen molar-refractivity contribution in [2.45, 2.75) is 6.92 Å². The summed E-state index contributed by atoms with van der Waals surface area (Å²) in [5, 5.41) is 3.95. The zero-order chi connectivity index (χ0) is 13.1. The summed E-state index contributed by atoms with van der Waals surface area (Å²) in [5.74, 6) is -0.115. The maximum absolute atomic E-state index is 12.9. The molecule has 0 unspecified atom stereocenters. The summed E-state index contributed by atoms with van der Waals surface area (Å²) in [6.45, 7) is 1.78. The van der Waals surface area contributed by atoms with Crippen molar-refractivity contribution in [3.63, 3.8) is 0 Å². The number of nitrogen functional groups attached to an aromatic ring is 1. The van der Waals surface area contributed by atoms with Crippen LogP contribution in [0.5, 0.6) is 0 Å². The number of anilines is 1. The van der Waals surface area contributed by atoms with Gasteiger partial charge in [-0.1, -0.05) is 12.1 Å². The Balaban J connectivity index is 2.38. The average molecular weight is 245 g/mol. The van der Waals surface area contributed by atoms with E-state index in [1.54, 1.807) is 25.1 Å². The van der Waals surface area contributed by atoms with Gasteiger partial charge in [-0.3, -0.25) is 4.79 Å². The van der Waals surface area contributed by atoms with E-state index >= 15 is 0 Å². The molecule has 0 fully saturated rings. The standard InChI is InChI=1S/C13H12FN3O/c1-9-5-12(15)17(13(18)6-9)16-8-10-3-2-4-11(14)7-10/h2-8H,15H2,1H3/b16-8-. The normalized spacial score (nSPS) is 11.0. The zero-order valence-electron chi connectivity index (χ0n) is 9.80. The fourth-order valence-electron chi connectivity index (χ4n) is 1.55. The van der Waals surface area contributed by atoms with Gasteiger partial charge in [0.15, 0.2) is 0 Å². The predicted octanol–water partition coefficient (Wildman–Crippen LogP) is 1.76. The maximum Gasteiger partial charge on any atom is 0.273 e. The molecule has 0 aliphatic rings.